The molecule has 0 bridgehead atoms. The second-order valence-corrected chi connectivity index (χ2v) is 6.43. The zero-order valence-corrected chi connectivity index (χ0v) is 12.7. The van der Waals surface area contributed by atoms with Gasteiger partial charge in [0.1, 0.15) is 10.6 Å². The van der Waals surface area contributed by atoms with E-state index >= 15 is 0 Å². The number of rotatable bonds is 7. The van der Waals surface area contributed by atoms with Gasteiger partial charge in [-0.15, -0.1) is 0 Å². The molecule has 0 radical (unpaired) electrons. The quantitative estimate of drug-likeness (QED) is 0.789. The molecule has 3 N–H and O–H groups in total. The summed E-state index contributed by atoms with van der Waals surface area (Å²) >= 11 is 0. The van der Waals surface area contributed by atoms with Gasteiger partial charge in [-0.1, -0.05) is 20.3 Å². The second kappa shape index (κ2) is 6.99. The number of hydrogen-bond acceptors (Lipinski definition) is 3. The largest absolute Gasteiger partial charge is 0.350 e. The van der Waals surface area contributed by atoms with E-state index in [0.29, 0.717) is 6.54 Å². The average Bonchev–Trinajstić information content (AvgIpc) is 2.78. The Morgan fingerprint density at radius 1 is 1.48 bits per heavy atom. The SMILES string of the molecule is CCC(C)CNC(=O)c1cc(S(N)(=O)=O)cn1CC(F)F. The fourth-order valence-electron chi connectivity index (χ4n) is 1.63. The third-order valence-electron chi connectivity index (χ3n) is 3.08. The standard InChI is InChI=1S/C12H19F2N3O3S/c1-3-8(2)5-16-12(18)10-4-9(21(15,19)20)6-17(10)7-11(13)14/h4,6,8,11H,3,5,7H2,1-2H3,(H,16,18)(H2,15,19,20). The molecule has 0 aliphatic carbocycles. The molecule has 1 amide bonds. The van der Waals surface area contributed by atoms with E-state index in [2.05, 4.69) is 5.32 Å². The molecule has 9 heteroatoms. The molecule has 1 atom stereocenters. The average molecular weight is 323 g/mol. The van der Waals surface area contributed by atoms with Gasteiger partial charge < -0.3 is 9.88 Å². The van der Waals surface area contributed by atoms with Gasteiger partial charge in [0.25, 0.3) is 12.3 Å². The lowest BCUT2D eigenvalue weighted by molar-refractivity contribution is 0.0925. The van der Waals surface area contributed by atoms with Gasteiger partial charge in [0.2, 0.25) is 10.0 Å². The Hall–Kier alpha value is -1.48. The van der Waals surface area contributed by atoms with Crippen LogP contribution in [0.15, 0.2) is 17.2 Å². The van der Waals surface area contributed by atoms with Crippen LogP contribution in [0.1, 0.15) is 30.8 Å². The number of hydrogen-bond donors (Lipinski definition) is 2. The summed E-state index contributed by atoms with van der Waals surface area (Å²) in [5.41, 5.74) is -0.150. The molecular formula is C12H19F2N3O3S. The van der Waals surface area contributed by atoms with Crippen LogP contribution in [-0.4, -0.2) is 31.9 Å². The Balaban J connectivity index is 3.02. The predicted molar refractivity (Wildman–Crippen MR) is 73.6 cm³/mol. The van der Waals surface area contributed by atoms with Crippen LogP contribution in [0.25, 0.3) is 0 Å². The predicted octanol–water partition coefficient (Wildman–Crippen LogP) is 1.18. The molecule has 1 heterocycles. The van der Waals surface area contributed by atoms with Gasteiger partial charge in [-0.05, 0) is 12.0 Å². The van der Waals surface area contributed by atoms with Crippen LogP contribution in [0.5, 0.6) is 0 Å². The molecule has 0 saturated carbocycles. The molecule has 0 aliphatic heterocycles. The highest BCUT2D eigenvalue weighted by Crippen LogP contribution is 2.15. The zero-order chi connectivity index (χ0) is 16.2. The Morgan fingerprint density at radius 2 is 2.10 bits per heavy atom. The molecule has 1 aromatic heterocycles. The van der Waals surface area contributed by atoms with Crippen LogP contribution >= 0.6 is 0 Å². The molecule has 0 fully saturated rings. The molecule has 21 heavy (non-hydrogen) atoms. The number of sulfonamides is 1. The fraction of sp³-hybridized carbons (Fsp3) is 0.583. The van der Waals surface area contributed by atoms with Gasteiger partial charge in [0, 0.05) is 12.7 Å². The molecule has 120 valence electrons. The van der Waals surface area contributed by atoms with Crippen molar-refractivity contribution >= 4 is 15.9 Å². The number of amides is 1. The summed E-state index contributed by atoms with van der Waals surface area (Å²) < 4.78 is 48.4. The third-order valence-corrected chi connectivity index (χ3v) is 3.96. The molecule has 1 aromatic rings. The molecule has 6 nitrogen and oxygen atoms in total. The number of aromatic nitrogens is 1. The summed E-state index contributed by atoms with van der Waals surface area (Å²) in [6.45, 7) is 3.48. The maximum Gasteiger partial charge on any atom is 0.267 e. The highest BCUT2D eigenvalue weighted by Gasteiger charge is 2.20. The van der Waals surface area contributed by atoms with Gasteiger partial charge >= 0.3 is 0 Å². The summed E-state index contributed by atoms with van der Waals surface area (Å²) in [6.07, 6.45) is -0.924. The number of halogens is 2. The Bertz CT molecular complexity index is 599. The van der Waals surface area contributed by atoms with Crippen molar-refractivity contribution in [2.24, 2.45) is 11.1 Å². The van der Waals surface area contributed by atoms with E-state index in [-0.39, 0.29) is 16.5 Å². The van der Waals surface area contributed by atoms with Crippen molar-refractivity contribution in [1.29, 1.82) is 0 Å². The highest BCUT2D eigenvalue weighted by atomic mass is 32.2. The summed E-state index contributed by atoms with van der Waals surface area (Å²) in [7, 11) is -4.06. The molecule has 1 unspecified atom stereocenters. The molecule has 0 spiro atoms. The number of nitrogens with one attached hydrogen (secondary N) is 1. The molecule has 0 aliphatic rings. The fourth-order valence-corrected chi connectivity index (χ4v) is 2.18. The van der Waals surface area contributed by atoms with E-state index in [9.17, 15) is 22.0 Å². The van der Waals surface area contributed by atoms with Gasteiger partial charge in [0.05, 0.1) is 6.54 Å². The Labute approximate surface area is 122 Å². The van der Waals surface area contributed by atoms with Crippen LogP contribution in [0.4, 0.5) is 8.78 Å². The number of carbonyl (C=O) groups excluding carboxylic acids is 1. The minimum absolute atomic E-state index is 0.150. The van der Waals surface area contributed by atoms with Crippen LogP contribution in [0.3, 0.4) is 0 Å². The lowest BCUT2D eigenvalue weighted by Gasteiger charge is -2.12. The number of nitrogens with zero attached hydrogens (tertiary/aromatic N) is 1. The number of primary sulfonamides is 1. The molecule has 0 aromatic carbocycles. The Kier molecular flexibility index (Phi) is 5.85. The van der Waals surface area contributed by atoms with Crippen molar-refractivity contribution < 1.29 is 22.0 Å². The van der Waals surface area contributed by atoms with Gasteiger partial charge in [-0.3, -0.25) is 4.79 Å². The smallest absolute Gasteiger partial charge is 0.267 e. The first-order chi connectivity index (χ1) is 9.65. The molecular weight excluding hydrogens is 304 g/mol. The monoisotopic (exact) mass is 323 g/mol. The van der Waals surface area contributed by atoms with Crippen LogP contribution < -0.4 is 10.5 Å². The summed E-state index contributed by atoms with van der Waals surface area (Å²) in [5.74, 6) is -0.379. The third kappa shape index (κ3) is 5.09. The summed E-state index contributed by atoms with van der Waals surface area (Å²) in [5, 5.41) is 7.54. The molecule has 0 saturated heterocycles. The van der Waals surface area contributed by atoms with Gasteiger partial charge in [0.15, 0.2) is 0 Å². The lowest BCUT2D eigenvalue weighted by atomic mass is 10.1. The minimum atomic E-state index is -4.06. The van der Waals surface area contributed by atoms with Crippen molar-refractivity contribution in [2.75, 3.05) is 6.54 Å². The van der Waals surface area contributed by atoms with Gasteiger partial charge in [-0.2, -0.15) is 0 Å². The van der Waals surface area contributed by atoms with E-state index in [4.69, 9.17) is 5.14 Å². The van der Waals surface area contributed by atoms with Crippen LogP contribution in [-0.2, 0) is 16.6 Å². The normalized spacial score (nSPS) is 13.4. The second-order valence-electron chi connectivity index (χ2n) is 4.87. The van der Waals surface area contributed by atoms with Gasteiger partial charge in [-0.25, -0.2) is 22.3 Å². The van der Waals surface area contributed by atoms with Crippen LogP contribution in [0, 0.1) is 5.92 Å². The highest BCUT2D eigenvalue weighted by molar-refractivity contribution is 7.89. The van der Waals surface area contributed by atoms with Crippen molar-refractivity contribution in [1.82, 2.24) is 9.88 Å². The van der Waals surface area contributed by atoms with Crippen LogP contribution in [0.2, 0.25) is 0 Å². The Morgan fingerprint density at radius 3 is 2.57 bits per heavy atom. The zero-order valence-electron chi connectivity index (χ0n) is 11.8. The first kappa shape index (κ1) is 17.6. The molecule has 1 rings (SSSR count). The number of carbonyl (C=O) groups is 1. The van der Waals surface area contributed by atoms with Crippen molar-refractivity contribution in [3.8, 4) is 0 Å². The van der Waals surface area contributed by atoms with Crippen molar-refractivity contribution in [3.05, 3.63) is 18.0 Å². The minimum Gasteiger partial charge on any atom is -0.350 e. The number of alkyl halides is 2. The van der Waals surface area contributed by atoms with E-state index in [1.165, 1.54) is 0 Å². The van der Waals surface area contributed by atoms with E-state index in [1.807, 2.05) is 13.8 Å². The maximum absolute atomic E-state index is 12.5. The van der Waals surface area contributed by atoms with Crippen molar-refractivity contribution in [2.45, 2.75) is 38.1 Å². The maximum atomic E-state index is 12.5. The first-order valence-electron chi connectivity index (χ1n) is 6.44. The number of nitrogens with two attached hydrogens (primary N) is 1. The summed E-state index contributed by atoms with van der Waals surface area (Å²) in [4.78, 5) is 11.6. The summed E-state index contributed by atoms with van der Waals surface area (Å²) in [6, 6.07) is 1.00. The first-order valence-corrected chi connectivity index (χ1v) is 7.99. The van der Waals surface area contributed by atoms with E-state index < -0.39 is 28.9 Å². The van der Waals surface area contributed by atoms with Crippen molar-refractivity contribution in [3.63, 3.8) is 0 Å². The topological polar surface area (TPSA) is 94.2 Å². The van der Waals surface area contributed by atoms with E-state index in [1.54, 1.807) is 0 Å². The van der Waals surface area contributed by atoms with E-state index in [0.717, 1.165) is 23.3 Å². The lowest BCUT2D eigenvalue weighted by Crippen LogP contribution is -2.30.